The average molecular weight is 273 g/mol. The van der Waals surface area contributed by atoms with E-state index < -0.39 is 10.3 Å². The number of ether oxygens (including phenoxy) is 1. The minimum Gasteiger partial charge on any atom is -0.426 e. The van der Waals surface area contributed by atoms with Crippen LogP contribution in [0.15, 0.2) is 12.1 Å². The number of aryl methyl sites for hydroxylation is 2. The molecule has 2 rings (SSSR count). The summed E-state index contributed by atoms with van der Waals surface area (Å²) in [6, 6.07) is 3.94. The van der Waals surface area contributed by atoms with Crippen LogP contribution in [0.1, 0.15) is 23.1 Å². The van der Waals surface area contributed by atoms with Crippen LogP contribution in [-0.4, -0.2) is 10.3 Å². The summed E-state index contributed by atoms with van der Waals surface area (Å²) in [5.74, 6) is -0.108. The van der Waals surface area contributed by atoms with Gasteiger partial charge in [-0.25, -0.2) is 0 Å². The number of carbonyl (C=O) groups is 1. The van der Waals surface area contributed by atoms with E-state index in [4.69, 9.17) is 27.9 Å². The van der Waals surface area contributed by atoms with Crippen LogP contribution in [0.2, 0.25) is 0 Å². The number of benzene rings is 1. The number of hydrogen-bond acceptors (Lipinski definition) is 2. The van der Waals surface area contributed by atoms with Crippen molar-refractivity contribution in [2.75, 3.05) is 0 Å². The minimum atomic E-state index is -0.928. The Labute approximate surface area is 111 Å². The predicted molar refractivity (Wildman–Crippen MR) is 68.8 cm³/mol. The molecule has 0 N–H and O–H groups in total. The number of esters is 1. The van der Waals surface area contributed by atoms with Crippen molar-refractivity contribution in [3.63, 3.8) is 0 Å². The fraction of sp³-hybridized carbons (Fsp3) is 0.462. The summed E-state index contributed by atoms with van der Waals surface area (Å²) in [7, 11) is 0. The molecule has 1 aliphatic carbocycles. The third kappa shape index (κ3) is 2.43. The monoisotopic (exact) mass is 272 g/mol. The summed E-state index contributed by atoms with van der Waals surface area (Å²) in [6.45, 7) is 5.83. The quantitative estimate of drug-likeness (QED) is 0.466. The maximum absolute atomic E-state index is 11.8. The van der Waals surface area contributed by atoms with Gasteiger partial charge < -0.3 is 4.74 Å². The summed E-state index contributed by atoms with van der Waals surface area (Å²) in [5.41, 5.74) is 3.02. The van der Waals surface area contributed by atoms with E-state index in [1.807, 2.05) is 32.9 Å². The largest absolute Gasteiger partial charge is 0.426 e. The molecule has 1 aromatic carbocycles. The molecule has 1 aliphatic rings. The maximum atomic E-state index is 11.8. The van der Waals surface area contributed by atoms with E-state index in [-0.39, 0.29) is 5.97 Å². The predicted octanol–water partition coefficient (Wildman–Crippen LogP) is 3.71. The summed E-state index contributed by atoms with van der Waals surface area (Å²) in [6.07, 6.45) is 0.471. The molecule has 0 bridgehead atoms. The molecule has 2 nitrogen and oxygen atoms in total. The molecule has 0 saturated heterocycles. The van der Waals surface area contributed by atoms with Crippen molar-refractivity contribution < 1.29 is 9.53 Å². The van der Waals surface area contributed by atoms with Gasteiger partial charge in [-0.3, -0.25) is 4.79 Å². The van der Waals surface area contributed by atoms with E-state index >= 15 is 0 Å². The van der Waals surface area contributed by atoms with Crippen molar-refractivity contribution in [2.24, 2.45) is 5.92 Å². The van der Waals surface area contributed by atoms with Crippen LogP contribution in [0.3, 0.4) is 0 Å². The first-order chi connectivity index (χ1) is 7.83. The van der Waals surface area contributed by atoms with Crippen LogP contribution < -0.4 is 4.74 Å². The van der Waals surface area contributed by atoms with Gasteiger partial charge in [-0.05, 0) is 43.9 Å². The van der Waals surface area contributed by atoms with Gasteiger partial charge in [0.15, 0.2) is 0 Å². The second kappa shape index (κ2) is 4.18. The molecule has 1 aromatic rings. The zero-order valence-corrected chi connectivity index (χ0v) is 11.5. The lowest BCUT2D eigenvalue weighted by Crippen LogP contribution is -2.15. The van der Waals surface area contributed by atoms with Crippen LogP contribution in [-0.2, 0) is 4.79 Å². The smallest absolute Gasteiger partial charge is 0.317 e. The van der Waals surface area contributed by atoms with Gasteiger partial charge in [0.1, 0.15) is 10.1 Å². The molecule has 0 radical (unpaired) electrons. The Hall–Kier alpha value is -0.730. The lowest BCUT2D eigenvalue weighted by Gasteiger charge is -2.12. The standard InChI is InChI=1S/C13H14Cl2O2/c1-7-4-5-8(2)11(9(7)3)17-12(16)10-6-13(10,14)15/h4-5,10H,6H2,1-3H3. The highest BCUT2D eigenvalue weighted by molar-refractivity contribution is 6.52. The Kier molecular flexibility index (Phi) is 3.13. The van der Waals surface area contributed by atoms with Gasteiger partial charge in [-0.1, -0.05) is 12.1 Å². The molecule has 0 amide bonds. The molecular weight excluding hydrogens is 259 g/mol. The van der Waals surface area contributed by atoms with Crippen molar-refractivity contribution in [1.29, 1.82) is 0 Å². The van der Waals surface area contributed by atoms with Gasteiger partial charge in [0, 0.05) is 0 Å². The SMILES string of the molecule is Cc1ccc(C)c(OC(=O)C2CC2(Cl)Cl)c1C. The van der Waals surface area contributed by atoms with Crippen LogP contribution >= 0.6 is 23.2 Å². The van der Waals surface area contributed by atoms with Crippen LogP contribution in [0, 0.1) is 26.7 Å². The number of halogens is 2. The first-order valence-electron chi connectivity index (χ1n) is 5.49. The zero-order chi connectivity index (χ0) is 12.8. The fourth-order valence-corrected chi connectivity index (χ4v) is 2.21. The van der Waals surface area contributed by atoms with Gasteiger partial charge >= 0.3 is 5.97 Å². The third-order valence-corrected chi connectivity index (χ3v) is 4.02. The Balaban J connectivity index is 2.20. The number of alkyl halides is 2. The van der Waals surface area contributed by atoms with Crippen molar-refractivity contribution in [2.45, 2.75) is 31.5 Å². The average Bonchev–Trinajstić information content (AvgIpc) is 2.88. The van der Waals surface area contributed by atoms with Gasteiger partial charge in [-0.2, -0.15) is 0 Å². The van der Waals surface area contributed by atoms with Gasteiger partial charge in [0.2, 0.25) is 0 Å². The normalized spacial score (nSPS) is 21.1. The molecule has 17 heavy (non-hydrogen) atoms. The van der Waals surface area contributed by atoms with Crippen LogP contribution in [0.4, 0.5) is 0 Å². The highest BCUT2D eigenvalue weighted by Crippen LogP contribution is 2.53. The van der Waals surface area contributed by atoms with Crippen molar-refractivity contribution in [3.8, 4) is 5.75 Å². The Morgan fingerprint density at radius 1 is 1.29 bits per heavy atom. The molecule has 0 spiro atoms. The minimum absolute atomic E-state index is 0.341. The molecule has 1 atom stereocenters. The molecule has 1 fully saturated rings. The maximum Gasteiger partial charge on any atom is 0.317 e. The van der Waals surface area contributed by atoms with Crippen LogP contribution in [0.25, 0.3) is 0 Å². The summed E-state index contributed by atoms with van der Waals surface area (Å²) >= 11 is 11.7. The number of hydrogen-bond donors (Lipinski definition) is 0. The number of rotatable bonds is 2. The Morgan fingerprint density at radius 2 is 1.82 bits per heavy atom. The van der Waals surface area contributed by atoms with Gasteiger partial charge in [-0.15, -0.1) is 23.2 Å². The number of carbonyl (C=O) groups excluding carboxylic acids is 1. The molecule has 1 unspecified atom stereocenters. The first kappa shape index (κ1) is 12.7. The Bertz CT molecular complexity index is 481. The van der Waals surface area contributed by atoms with Crippen molar-refractivity contribution in [3.05, 3.63) is 28.8 Å². The Morgan fingerprint density at radius 3 is 2.35 bits per heavy atom. The summed E-state index contributed by atoms with van der Waals surface area (Å²) in [4.78, 5) is 11.8. The molecule has 0 heterocycles. The molecule has 1 saturated carbocycles. The van der Waals surface area contributed by atoms with Gasteiger partial charge in [0.25, 0.3) is 0 Å². The third-order valence-electron chi connectivity index (χ3n) is 3.19. The van der Waals surface area contributed by atoms with E-state index in [1.165, 1.54) is 0 Å². The van der Waals surface area contributed by atoms with Crippen molar-refractivity contribution in [1.82, 2.24) is 0 Å². The topological polar surface area (TPSA) is 26.3 Å². The molecule has 0 aliphatic heterocycles. The van der Waals surface area contributed by atoms with Crippen molar-refractivity contribution >= 4 is 29.2 Å². The molecule has 4 heteroatoms. The summed E-state index contributed by atoms with van der Waals surface area (Å²) < 4.78 is 4.48. The zero-order valence-electron chi connectivity index (χ0n) is 10.0. The van der Waals surface area contributed by atoms with Gasteiger partial charge in [0.05, 0.1) is 5.92 Å². The van der Waals surface area contributed by atoms with Crippen LogP contribution in [0.5, 0.6) is 5.75 Å². The fourth-order valence-electron chi connectivity index (χ4n) is 1.72. The van der Waals surface area contributed by atoms with E-state index in [9.17, 15) is 4.79 Å². The van der Waals surface area contributed by atoms with E-state index in [1.54, 1.807) is 0 Å². The van der Waals surface area contributed by atoms with E-state index in [0.29, 0.717) is 12.2 Å². The van der Waals surface area contributed by atoms with E-state index in [0.717, 1.165) is 16.7 Å². The molecular formula is C13H14Cl2O2. The van der Waals surface area contributed by atoms with E-state index in [2.05, 4.69) is 0 Å². The first-order valence-corrected chi connectivity index (χ1v) is 6.25. The molecule has 92 valence electrons. The second-order valence-electron chi connectivity index (χ2n) is 4.59. The molecule has 0 aromatic heterocycles. The summed E-state index contributed by atoms with van der Waals surface area (Å²) in [5, 5.41) is 0. The lowest BCUT2D eigenvalue weighted by molar-refractivity contribution is -0.135. The lowest BCUT2D eigenvalue weighted by atomic mass is 10.1. The highest BCUT2D eigenvalue weighted by Gasteiger charge is 2.57. The highest BCUT2D eigenvalue weighted by atomic mass is 35.5. The second-order valence-corrected chi connectivity index (χ2v) is 6.13.